The smallest absolute Gasteiger partial charge is 0.442 e. The first kappa shape index (κ1) is 26.6. The molecule has 1 fully saturated rings. The lowest BCUT2D eigenvalue weighted by Crippen LogP contribution is -2.42. The first-order valence-corrected chi connectivity index (χ1v) is 13.1. The highest BCUT2D eigenvalue weighted by Crippen LogP contribution is 2.28. The molecular weight excluding hydrogens is 511 g/mol. The minimum absolute atomic E-state index is 0.0931. The Labute approximate surface area is 212 Å². The molecule has 1 aliphatic rings. The van der Waals surface area contributed by atoms with Gasteiger partial charge in [-0.3, -0.25) is 4.72 Å². The van der Waals surface area contributed by atoms with Crippen molar-refractivity contribution in [2.75, 3.05) is 28.0 Å². The molecule has 0 amide bonds. The van der Waals surface area contributed by atoms with E-state index in [1.807, 2.05) is 12.1 Å². The number of halogens is 3. The number of piperidine rings is 1. The molecule has 9 nitrogen and oxygen atoms in total. The number of hydrogen-bond donors (Lipinski definition) is 2. The van der Waals surface area contributed by atoms with Gasteiger partial charge in [0.25, 0.3) is 0 Å². The summed E-state index contributed by atoms with van der Waals surface area (Å²) in [5, 5.41) is 8.44. The molecule has 0 saturated carbocycles. The second-order valence-corrected chi connectivity index (χ2v) is 11.5. The Morgan fingerprint density at radius 3 is 2.41 bits per heavy atom. The van der Waals surface area contributed by atoms with Gasteiger partial charge < -0.3 is 15.0 Å². The highest BCUT2D eigenvalue weighted by molar-refractivity contribution is 7.93. The average molecular weight is 540 g/mol. The maximum absolute atomic E-state index is 12.6. The van der Waals surface area contributed by atoms with Crippen LogP contribution >= 0.6 is 0 Å². The second-order valence-electron chi connectivity index (χ2n) is 9.84. The van der Waals surface area contributed by atoms with Gasteiger partial charge >= 0.3 is 21.6 Å². The maximum Gasteiger partial charge on any atom is 0.516 e. The van der Waals surface area contributed by atoms with Gasteiger partial charge in [-0.2, -0.15) is 31.4 Å². The van der Waals surface area contributed by atoms with Gasteiger partial charge in [-0.1, -0.05) is 0 Å². The number of nitrogens with one attached hydrogen (secondary N) is 2. The molecule has 1 atom stereocenters. The number of aromatic nitrogens is 2. The van der Waals surface area contributed by atoms with Crippen LogP contribution in [0.15, 0.2) is 48.7 Å². The number of hydrogen-bond acceptors (Lipinski definition) is 7. The number of sulfonamides is 1. The molecule has 4 rings (SSSR count). The molecular formula is C24H28F3N5O4S. The van der Waals surface area contributed by atoms with Crippen LogP contribution in [0.3, 0.4) is 0 Å². The Hall–Kier alpha value is -3.48. The van der Waals surface area contributed by atoms with Crippen LogP contribution in [0, 0.1) is 0 Å². The van der Waals surface area contributed by atoms with Crippen LogP contribution in [-0.2, 0) is 14.8 Å². The zero-order valence-electron chi connectivity index (χ0n) is 20.5. The van der Waals surface area contributed by atoms with Crippen LogP contribution in [0.4, 0.5) is 35.0 Å². The van der Waals surface area contributed by atoms with E-state index in [0.29, 0.717) is 12.1 Å². The molecule has 0 spiro atoms. The van der Waals surface area contributed by atoms with Crippen LogP contribution in [0.5, 0.6) is 0 Å². The molecule has 13 heteroatoms. The van der Waals surface area contributed by atoms with E-state index in [1.165, 1.54) is 16.8 Å². The third-order valence-electron chi connectivity index (χ3n) is 5.72. The summed E-state index contributed by atoms with van der Waals surface area (Å²) in [7, 11) is -5.46. The van der Waals surface area contributed by atoms with Crippen LogP contribution in [-0.4, -0.2) is 54.5 Å². The second kappa shape index (κ2) is 9.77. The molecule has 0 aliphatic carbocycles. The van der Waals surface area contributed by atoms with Gasteiger partial charge in [-0.05, 0) is 76.1 Å². The highest BCUT2D eigenvalue weighted by atomic mass is 32.2. The fourth-order valence-corrected chi connectivity index (χ4v) is 4.65. The summed E-state index contributed by atoms with van der Waals surface area (Å²) in [5.41, 5.74) is -3.91. The van der Waals surface area contributed by atoms with Crippen molar-refractivity contribution in [3.8, 4) is 0 Å². The number of nitrogens with zero attached hydrogens (tertiary/aromatic N) is 3. The molecule has 3 aromatic rings. The number of anilines is 3. The molecule has 1 unspecified atom stereocenters. The number of alkyl halides is 3. The third-order valence-corrected chi connectivity index (χ3v) is 6.83. The van der Waals surface area contributed by atoms with Crippen molar-refractivity contribution in [3.05, 3.63) is 48.7 Å². The van der Waals surface area contributed by atoms with Crippen molar-refractivity contribution in [1.29, 1.82) is 0 Å². The molecule has 1 aliphatic heterocycles. The van der Waals surface area contributed by atoms with E-state index in [4.69, 9.17) is 4.74 Å². The Morgan fingerprint density at radius 1 is 1.08 bits per heavy atom. The largest absolute Gasteiger partial charge is 0.516 e. The molecule has 0 bridgehead atoms. The molecule has 1 saturated heterocycles. The minimum atomic E-state index is -5.46. The predicted octanol–water partition coefficient (Wildman–Crippen LogP) is 5.16. The first-order chi connectivity index (χ1) is 17.2. The van der Waals surface area contributed by atoms with Crippen molar-refractivity contribution in [3.63, 3.8) is 0 Å². The van der Waals surface area contributed by atoms with E-state index in [2.05, 4.69) is 15.3 Å². The number of fused-ring (bicyclic) bond motifs is 1. The van der Waals surface area contributed by atoms with E-state index in [0.717, 1.165) is 36.1 Å². The lowest BCUT2D eigenvalue weighted by atomic mass is 10.0. The fraction of sp³-hybridized carbons (Fsp3) is 0.417. The maximum atomic E-state index is 12.6. The average Bonchev–Trinajstić information content (AvgIpc) is 3.21. The van der Waals surface area contributed by atoms with Gasteiger partial charge in [0.2, 0.25) is 0 Å². The van der Waals surface area contributed by atoms with Crippen LogP contribution in [0.1, 0.15) is 33.6 Å². The summed E-state index contributed by atoms with van der Waals surface area (Å²) in [6, 6.07) is 11.5. The summed E-state index contributed by atoms with van der Waals surface area (Å²) in [6.07, 6.45) is 2.85. The standard InChI is InChI=1S/C24H28F3N5O4S/c1-23(2,3)36-22(33)32-21-11-8-18(13-16(21)14-28-32)29-19-5-4-12-31(15-19)20-9-6-17(7-10-20)30-37(34,35)24(25,26)27/h6-11,13-14,19,29-30H,4-5,12,15H2,1-3H3. The molecule has 200 valence electrons. The summed E-state index contributed by atoms with van der Waals surface area (Å²) in [5.74, 6) is 0. The number of carbonyl (C=O) groups is 1. The van der Waals surface area contributed by atoms with Crippen LogP contribution in [0.25, 0.3) is 10.9 Å². The van der Waals surface area contributed by atoms with Gasteiger partial charge in [0.1, 0.15) is 5.60 Å². The van der Waals surface area contributed by atoms with E-state index in [-0.39, 0.29) is 11.7 Å². The highest BCUT2D eigenvalue weighted by Gasteiger charge is 2.46. The molecule has 37 heavy (non-hydrogen) atoms. The number of rotatable bonds is 5. The Kier molecular flexibility index (Phi) is 7.01. The summed E-state index contributed by atoms with van der Waals surface area (Å²) in [6.45, 7) is 6.76. The fourth-order valence-electron chi connectivity index (χ4n) is 4.09. The van der Waals surface area contributed by atoms with Gasteiger partial charge in [0.15, 0.2) is 0 Å². The molecule has 0 radical (unpaired) electrons. The van der Waals surface area contributed by atoms with Gasteiger partial charge in [0, 0.05) is 41.6 Å². The zero-order valence-corrected chi connectivity index (χ0v) is 21.4. The summed E-state index contributed by atoms with van der Waals surface area (Å²) in [4.78, 5) is 14.5. The Balaban J connectivity index is 1.41. The van der Waals surface area contributed by atoms with Crippen molar-refractivity contribution in [2.24, 2.45) is 0 Å². The van der Waals surface area contributed by atoms with Gasteiger partial charge in [0.05, 0.1) is 11.7 Å². The Bertz CT molecular complexity index is 1380. The number of ether oxygens (including phenoxy) is 1. The van der Waals surface area contributed by atoms with Gasteiger partial charge in [-0.15, -0.1) is 0 Å². The van der Waals surface area contributed by atoms with Crippen molar-refractivity contribution >= 4 is 44.1 Å². The first-order valence-electron chi connectivity index (χ1n) is 11.6. The Morgan fingerprint density at radius 2 is 1.76 bits per heavy atom. The van der Waals surface area contributed by atoms with Crippen molar-refractivity contribution in [2.45, 2.75) is 50.8 Å². The summed E-state index contributed by atoms with van der Waals surface area (Å²) < 4.78 is 68.6. The predicted molar refractivity (Wildman–Crippen MR) is 135 cm³/mol. The van der Waals surface area contributed by atoms with Gasteiger partial charge in [-0.25, -0.2) is 4.79 Å². The SMILES string of the molecule is CC(C)(C)OC(=O)n1ncc2cc(NC3CCCN(c4ccc(NS(=O)(=O)C(F)(F)F)cc4)C3)ccc21. The topological polar surface area (TPSA) is 106 Å². The molecule has 2 heterocycles. The van der Waals surface area contributed by atoms with Crippen LogP contribution < -0.4 is 14.9 Å². The monoisotopic (exact) mass is 539 g/mol. The third kappa shape index (κ3) is 6.27. The normalized spacial score (nSPS) is 17.0. The zero-order chi connectivity index (χ0) is 27.0. The molecule has 2 N–H and O–H groups in total. The lowest BCUT2D eigenvalue weighted by Gasteiger charge is -2.35. The lowest BCUT2D eigenvalue weighted by molar-refractivity contribution is -0.0429. The molecule has 1 aromatic heterocycles. The minimum Gasteiger partial charge on any atom is -0.442 e. The van der Waals surface area contributed by atoms with E-state index >= 15 is 0 Å². The van der Waals surface area contributed by atoms with E-state index < -0.39 is 27.2 Å². The van der Waals surface area contributed by atoms with Crippen LogP contribution in [0.2, 0.25) is 0 Å². The number of carbonyl (C=O) groups excluding carboxylic acids is 1. The van der Waals surface area contributed by atoms with E-state index in [9.17, 15) is 26.4 Å². The molecule has 2 aromatic carbocycles. The number of benzene rings is 2. The quantitative estimate of drug-likeness (QED) is 0.461. The summed E-state index contributed by atoms with van der Waals surface area (Å²) >= 11 is 0. The van der Waals surface area contributed by atoms with Crippen molar-refractivity contribution < 1.29 is 31.1 Å². The van der Waals surface area contributed by atoms with E-state index in [1.54, 1.807) is 49.9 Å². The van der Waals surface area contributed by atoms with Crippen molar-refractivity contribution in [1.82, 2.24) is 9.78 Å².